The number of carboxylic acid groups (broad SMARTS) is 1. The van der Waals surface area contributed by atoms with Crippen LogP contribution in [0, 0.1) is 0 Å². The standard InChI is InChI=1S/C14H30N2O2/c1-4-15(5-2)12-9-13-16(6-3)11-8-7-10-14(17)18/h4-13H2,1-3H3,(H,17,18). The van der Waals surface area contributed by atoms with Gasteiger partial charge in [0.2, 0.25) is 0 Å². The van der Waals surface area contributed by atoms with Crippen LogP contribution in [0.1, 0.15) is 46.5 Å². The molecule has 0 unspecified atom stereocenters. The van der Waals surface area contributed by atoms with Gasteiger partial charge in [0.05, 0.1) is 0 Å². The van der Waals surface area contributed by atoms with Gasteiger partial charge in [-0.25, -0.2) is 0 Å². The Morgan fingerprint density at radius 2 is 1.33 bits per heavy atom. The van der Waals surface area contributed by atoms with Crippen molar-refractivity contribution in [2.45, 2.75) is 46.5 Å². The number of unbranched alkanes of at least 4 members (excludes halogenated alkanes) is 1. The van der Waals surface area contributed by atoms with Crippen molar-refractivity contribution in [3.63, 3.8) is 0 Å². The van der Waals surface area contributed by atoms with E-state index in [4.69, 9.17) is 5.11 Å². The van der Waals surface area contributed by atoms with Crippen molar-refractivity contribution in [1.82, 2.24) is 9.80 Å². The Kier molecular flexibility index (Phi) is 11.1. The second-order valence-corrected chi connectivity index (χ2v) is 4.67. The lowest BCUT2D eigenvalue weighted by atomic mass is 10.2. The molecule has 0 bridgehead atoms. The molecule has 0 rings (SSSR count). The van der Waals surface area contributed by atoms with E-state index in [0.29, 0.717) is 6.42 Å². The predicted octanol–water partition coefficient (Wildman–Crippen LogP) is 2.30. The first kappa shape index (κ1) is 17.4. The fraction of sp³-hybridized carbons (Fsp3) is 0.929. The SMILES string of the molecule is CCN(CC)CCCN(CC)CCCCC(=O)O. The van der Waals surface area contributed by atoms with E-state index in [0.717, 1.165) is 45.6 Å². The van der Waals surface area contributed by atoms with Crippen molar-refractivity contribution < 1.29 is 9.90 Å². The topological polar surface area (TPSA) is 43.8 Å². The molecule has 0 aromatic rings. The molecule has 0 fully saturated rings. The molecule has 4 heteroatoms. The smallest absolute Gasteiger partial charge is 0.303 e. The van der Waals surface area contributed by atoms with Crippen LogP contribution < -0.4 is 0 Å². The van der Waals surface area contributed by atoms with Crippen molar-refractivity contribution in [1.29, 1.82) is 0 Å². The number of aliphatic carboxylic acids is 1. The molecule has 0 amide bonds. The van der Waals surface area contributed by atoms with E-state index in [1.165, 1.54) is 13.0 Å². The zero-order valence-corrected chi connectivity index (χ0v) is 12.3. The quantitative estimate of drug-likeness (QED) is 0.546. The van der Waals surface area contributed by atoms with E-state index in [2.05, 4.69) is 30.6 Å². The number of carbonyl (C=O) groups is 1. The van der Waals surface area contributed by atoms with Crippen LogP contribution in [-0.2, 0) is 4.79 Å². The maximum absolute atomic E-state index is 10.4. The van der Waals surface area contributed by atoms with Gasteiger partial charge in [0.25, 0.3) is 0 Å². The molecule has 108 valence electrons. The first-order chi connectivity index (χ1) is 8.63. The van der Waals surface area contributed by atoms with Gasteiger partial charge in [-0.3, -0.25) is 4.79 Å². The molecule has 0 saturated heterocycles. The van der Waals surface area contributed by atoms with E-state index in [-0.39, 0.29) is 0 Å². The van der Waals surface area contributed by atoms with E-state index >= 15 is 0 Å². The molecule has 0 saturated carbocycles. The highest BCUT2D eigenvalue weighted by Gasteiger charge is 2.04. The van der Waals surface area contributed by atoms with Gasteiger partial charge < -0.3 is 14.9 Å². The molecule has 0 aliphatic carbocycles. The molecule has 0 spiro atoms. The summed E-state index contributed by atoms with van der Waals surface area (Å²) in [4.78, 5) is 15.3. The molecule has 0 aliphatic heterocycles. The summed E-state index contributed by atoms with van der Waals surface area (Å²) in [7, 11) is 0. The van der Waals surface area contributed by atoms with Crippen molar-refractivity contribution in [2.24, 2.45) is 0 Å². The van der Waals surface area contributed by atoms with E-state index in [1.54, 1.807) is 0 Å². The zero-order valence-electron chi connectivity index (χ0n) is 12.3. The van der Waals surface area contributed by atoms with Gasteiger partial charge in [-0.1, -0.05) is 20.8 Å². The predicted molar refractivity (Wildman–Crippen MR) is 76.0 cm³/mol. The Morgan fingerprint density at radius 1 is 0.833 bits per heavy atom. The van der Waals surface area contributed by atoms with E-state index < -0.39 is 5.97 Å². The Hall–Kier alpha value is -0.610. The summed E-state index contributed by atoms with van der Waals surface area (Å²) in [5.41, 5.74) is 0. The lowest BCUT2D eigenvalue weighted by molar-refractivity contribution is -0.137. The second kappa shape index (κ2) is 11.5. The molecular formula is C14H30N2O2. The zero-order chi connectivity index (χ0) is 13.8. The van der Waals surface area contributed by atoms with E-state index in [9.17, 15) is 4.79 Å². The highest BCUT2D eigenvalue weighted by molar-refractivity contribution is 5.66. The maximum atomic E-state index is 10.4. The Bertz CT molecular complexity index is 206. The Morgan fingerprint density at radius 3 is 1.83 bits per heavy atom. The summed E-state index contributed by atoms with van der Waals surface area (Å²) in [6.45, 7) is 13.2. The van der Waals surface area contributed by atoms with Crippen LogP contribution in [0.25, 0.3) is 0 Å². The molecule has 1 N–H and O–H groups in total. The van der Waals surface area contributed by atoms with E-state index in [1.807, 2.05) is 0 Å². The average Bonchev–Trinajstić information content (AvgIpc) is 2.36. The first-order valence-corrected chi connectivity index (χ1v) is 7.30. The van der Waals surface area contributed by atoms with Crippen molar-refractivity contribution in [3.8, 4) is 0 Å². The second-order valence-electron chi connectivity index (χ2n) is 4.67. The van der Waals surface area contributed by atoms with Gasteiger partial charge in [-0.05, 0) is 58.5 Å². The molecule has 18 heavy (non-hydrogen) atoms. The minimum Gasteiger partial charge on any atom is -0.481 e. The molecule has 0 aromatic carbocycles. The monoisotopic (exact) mass is 258 g/mol. The Labute approximate surface area is 112 Å². The van der Waals surface area contributed by atoms with Gasteiger partial charge in [0.15, 0.2) is 0 Å². The fourth-order valence-electron chi connectivity index (χ4n) is 2.10. The summed E-state index contributed by atoms with van der Waals surface area (Å²) in [5, 5.41) is 8.57. The number of hydrogen-bond acceptors (Lipinski definition) is 3. The number of nitrogens with zero attached hydrogens (tertiary/aromatic N) is 2. The summed E-state index contributed by atoms with van der Waals surface area (Å²) in [6, 6.07) is 0. The maximum Gasteiger partial charge on any atom is 0.303 e. The summed E-state index contributed by atoms with van der Waals surface area (Å²) in [6.07, 6.45) is 3.29. The van der Waals surface area contributed by atoms with Crippen LogP contribution in [0.4, 0.5) is 0 Å². The molecule has 0 radical (unpaired) electrons. The molecular weight excluding hydrogens is 228 g/mol. The normalized spacial score (nSPS) is 11.4. The van der Waals surface area contributed by atoms with Crippen LogP contribution in [0.3, 0.4) is 0 Å². The molecule has 0 aromatic heterocycles. The van der Waals surface area contributed by atoms with Crippen molar-refractivity contribution in [2.75, 3.05) is 39.3 Å². The Balaban J connectivity index is 3.60. The van der Waals surface area contributed by atoms with Gasteiger partial charge in [0, 0.05) is 6.42 Å². The largest absolute Gasteiger partial charge is 0.481 e. The van der Waals surface area contributed by atoms with Crippen LogP contribution >= 0.6 is 0 Å². The number of hydrogen-bond donors (Lipinski definition) is 1. The lowest BCUT2D eigenvalue weighted by Gasteiger charge is -2.23. The van der Waals surface area contributed by atoms with Crippen molar-refractivity contribution >= 4 is 5.97 Å². The third kappa shape index (κ3) is 9.42. The van der Waals surface area contributed by atoms with Crippen LogP contribution in [0.15, 0.2) is 0 Å². The summed E-state index contributed by atoms with van der Waals surface area (Å²) < 4.78 is 0. The van der Waals surface area contributed by atoms with Gasteiger partial charge in [-0.2, -0.15) is 0 Å². The summed E-state index contributed by atoms with van der Waals surface area (Å²) in [5.74, 6) is -0.681. The van der Waals surface area contributed by atoms with Gasteiger partial charge in [-0.15, -0.1) is 0 Å². The third-order valence-electron chi connectivity index (χ3n) is 3.41. The van der Waals surface area contributed by atoms with Gasteiger partial charge >= 0.3 is 5.97 Å². The molecule has 0 atom stereocenters. The highest BCUT2D eigenvalue weighted by atomic mass is 16.4. The first-order valence-electron chi connectivity index (χ1n) is 7.30. The minimum atomic E-state index is -0.681. The lowest BCUT2D eigenvalue weighted by Crippen LogP contribution is -2.30. The molecule has 0 heterocycles. The average molecular weight is 258 g/mol. The third-order valence-corrected chi connectivity index (χ3v) is 3.41. The highest BCUT2D eigenvalue weighted by Crippen LogP contribution is 2.01. The summed E-state index contributed by atoms with van der Waals surface area (Å²) >= 11 is 0. The fourth-order valence-corrected chi connectivity index (χ4v) is 2.10. The number of carboxylic acids is 1. The van der Waals surface area contributed by atoms with Gasteiger partial charge in [0.1, 0.15) is 0 Å². The van der Waals surface area contributed by atoms with Crippen LogP contribution in [0.2, 0.25) is 0 Å². The molecule has 4 nitrogen and oxygen atoms in total. The van der Waals surface area contributed by atoms with Crippen LogP contribution in [0.5, 0.6) is 0 Å². The molecule has 0 aliphatic rings. The minimum absolute atomic E-state index is 0.303. The van der Waals surface area contributed by atoms with Crippen molar-refractivity contribution in [3.05, 3.63) is 0 Å². The number of rotatable bonds is 12. The van der Waals surface area contributed by atoms with Crippen LogP contribution in [-0.4, -0.2) is 60.1 Å².